The Kier molecular flexibility index (Phi) is 4.37. The van der Waals surface area contributed by atoms with E-state index in [2.05, 4.69) is 16.9 Å². The predicted molar refractivity (Wildman–Crippen MR) is 60.4 cm³/mol. The number of rotatable bonds is 5. The Bertz CT molecular complexity index is 371. The number of carbonyl (C=O) groups excluding carboxylic acids is 1. The van der Waals surface area contributed by atoms with E-state index in [0.29, 0.717) is 10.8 Å². The number of H-pyrrole nitrogens is 1. The van der Waals surface area contributed by atoms with Gasteiger partial charge in [-0.1, -0.05) is 24.9 Å². The van der Waals surface area contributed by atoms with Gasteiger partial charge < -0.3 is 10.7 Å². The van der Waals surface area contributed by atoms with Crippen LogP contribution in [0.15, 0.2) is 6.08 Å². The first kappa shape index (κ1) is 11.8. The van der Waals surface area contributed by atoms with Crippen LogP contribution >= 0.6 is 11.6 Å². The maximum absolute atomic E-state index is 10.5. The number of aromatic amines is 1. The summed E-state index contributed by atoms with van der Waals surface area (Å²) in [5, 5.41) is 0.443. The zero-order chi connectivity index (χ0) is 11.3. The van der Waals surface area contributed by atoms with Gasteiger partial charge in [0.1, 0.15) is 16.7 Å². The van der Waals surface area contributed by atoms with Gasteiger partial charge in [0.05, 0.1) is 0 Å². The number of carbonyl (C=O) groups is 1. The van der Waals surface area contributed by atoms with E-state index in [0.717, 1.165) is 25.1 Å². The van der Waals surface area contributed by atoms with Crippen LogP contribution in [0.25, 0.3) is 6.08 Å². The summed E-state index contributed by atoms with van der Waals surface area (Å²) in [6, 6.07) is 0. The molecular formula is C10H14ClN3O. The summed E-state index contributed by atoms with van der Waals surface area (Å²) < 4.78 is 0. The van der Waals surface area contributed by atoms with Crippen molar-refractivity contribution in [2.45, 2.75) is 26.2 Å². The molecule has 0 radical (unpaired) electrons. The van der Waals surface area contributed by atoms with Crippen LogP contribution in [-0.2, 0) is 11.2 Å². The van der Waals surface area contributed by atoms with Crippen LogP contribution in [0.5, 0.6) is 0 Å². The Morgan fingerprint density at radius 3 is 3.00 bits per heavy atom. The van der Waals surface area contributed by atoms with Crippen LogP contribution < -0.4 is 5.73 Å². The van der Waals surface area contributed by atoms with Gasteiger partial charge in [0, 0.05) is 12.5 Å². The second kappa shape index (κ2) is 5.56. The Balaban J connectivity index is 2.72. The fourth-order valence-corrected chi connectivity index (χ4v) is 1.36. The number of hydrogen-bond donors (Lipinski definition) is 2. The summed E-state index contributed by atoms with van der Waals surface area (Å²) in [7, 11) is 0. The first-order chi connectivity index (χ1) is 7.13. The summed E-state index contributed by atoms with van der Waals surface area (Å²) in [6.45, 7) is 2.11. The van der Waals surface area contributed by atoms with Gasteiger partial charge >= 0.3 is 0 Å². The molecule has 1 aromatic rings. The summed E-state index contributed by atoms with van der Waals surface area (Å²) in [6.07, 6.45) is 5.77. The normalized spacial score (nSPS) is 11.1. The van der Waals surface area contributed by atoms with E-state index in [1.165, 1.54) is 12.2 Å². The van der Waals surface area contributed by atoms with E-state index >= 15 is 0 Å². The van der Waals surface area contributed by atoms with Crippen molar-refractivity contribution in [2.75, 3.05) is 0 Å². The number of unbranched alkanes of at least 4 members (excludes halogenated alkanes) is 1. The number of primary amides is 1. The van der Waals surface area contributed by atoms with Crippen molar-refractivity contribution in [3.05, 3.63) is 22.7 Å². The molecule has 0 saturated heterocycles. The molecule has 0 aliphatic rings. The molecule has 0 bridgehead atoms. The van der Waals surface area contributed by atoms with Crippen molar-refractivity contribution in [3.8, 4) is 0 Å². The van der Waals surface area contributed by atoms with Crippen molar-refractivity contribution in [2.24, 2.45) is 5.73 Å². The van der Waals surface area contributed by atoms with Crippen LogP contribution in [0, 0.1) is 0 Å². The highest BCUT2D eigenvalue weighted by Gasteiger charge is 2.04. The highest BCUT2D eigenvalue weighted by atomic mass is 35.5. The lowest BCUT2D eigenvalue weighted by Crippen LogP contribution is -2.05. The number of nitrogens with two attached hydrogens (primary N) is 1. The van der Waals surface area contributed by atoms with Crippen LogP contribution in [0.1, 0.15) is 31.3 Å². The zero-order valence-corrected chi connectivity index (χ0v) is 9.34. The predicted octanol–water partition coefficient (Wildman–Crippen LogP) is 1.90. The third-order valence-corrected chi connectivity index (χ3v) is 2.20. The van der Waals surface area contributed by atoms with Crippen molar-refractivity contribution in [1.82, 2.24) is 9.97 Å². The molecule has 0 saturated carbocycles. The second-order valence-electron chi connectivity index (χ2n) is 3.22. The molecule has 1 amide bonds. The van der Waals surface area contributed by atoms with Gasteiger partial charge in [-0.2, -0.15) is 0 Å². The maximum atomic E-state index is 10.5. The van der Waals surface area contributed by atoms with E-state index in [1.54, 1.807) is 0 Å². The molecule has 0 aromatic carbocycles. The smallest absolute Gasteiger partial charge is 0.241 e. The molecule has 1 heterocycles. The average Bonchev–Trinajstić information content (AvgIpc) is 2.53. The van der Waals surface area contributed by atoms with Gasteiger partial charge in [0.25, 0.3) is 0 Å². The first-order valence-corrected chi connectivity index (χ1v) is 5.23. The molecule has 0 spiro atoms. The van der Waals surface area contributed by atoms with Crippen LogP contribution in [-0.4, -0.2) is 15.9 Å². The molecule has 82 valence electrons. The second-order valence-corrected chi connectivity index (χ2v) is 3.60. The molecule has 1 rings (SSSR count). The summed E-state index contributed by atoms with van der Waals surface area (Å²) in [5.41, 5.74) is 5.53. The zero-order valence-electron chi connectivity index (χ0n) is 8.59. The minimum atomic E-state index is -0.510. The van der Waals surface area contributed by atoms with Gasteiger partial charge in [-0.25, -0.2) is 4.98 Å². The van der Waals surface area contributed by atoms with E-state index in [9.17, 15) is 4.79 Å². The molecule has 0 aliphatic carbocycles. The first-order valence-electron chi connectivity index (χ1n) is 4.85. The fourth-order valence-electron chi connectivity index (χ4n) is 1.15. The maximum Gasteiger partial charge on any atom is 0.241 e. The molecule has 0 fully saturated rings. The largest absolute Gasteiger partial charge is 0.366 e. The summed E-state index contributed by atoms with van der Waals surface area (Å²) in [5.74, 6) is 0.329. The SMILES string of the molecule is CCCCc1nc(/C=C/C(N)=O)c(Cl)[nH]1. The van der Waals surface area contributed by atoms with Crippen LogP contribution in [0.2, 0.25) is 5.15 Å². The third-order valence-electron chi connectivity index (χ3n) is 1.91. The molecule has 0 aliphatic heterocycles. The van der Waals surface area contributed by atoms with E-state index in [-0.39, 0.29) is 0 Å². The number of halogens is 1. The minimum absolute atomic E-state index is 0.443. The number of aryl methyl sites for hydroxylation is 1. The van der Waals surface area contributed by atoms with Crippen molar-refractivity contribution < 1.29 is 4.79 Å². The highest BCUT2D eigenvalue weighted by molar-refractivity contribution is 6.30. The molecule has 5 heteroatoms. The standard InChI is InChI=1S/C10H14ClN3O/c1-2-3-4-9-13-7(10(11)14-9)5-6-8(12)15/h5-6H,2-4H2,1H3,(H2,12,15)(H,13,14)/b6-5+. The molecular weight excluding hydrogens is 214 g/mol. The average molecular weight is 228 g/mol. The number of amides is 1. The van der Waals surface area contributed by atoms with Crippen molar-refractivity contribution >= 4 is 23.6 Å². The third kappa shape index (κ3) is 3.75. The number of nitrogens with one attached hydrogen (secondary N) is 1. The fraction of sp³-hybridized carbons (Fsp3) is 0.400. The molecule has 0 unspecified atom stereocenters. The molecule has 15 heavy (non-hydrogen) atoms. The monoisotopic (exact) mass is 227 g/mol. The van der Waals surface area contributed by atoms with Crippen LogP contribution in [0.3, 0.4) is 0 Å². The highest BCUT2D eigenvalue weighted by Crippen LogP contribution is 2.15. The number of hydrogen-bond acceptors (Lipinski definition) is 2. The van der Waals surface area contributed by atoms with Gasteiger partial charge in [-0.05, 0) is 12.5 Å². The number of nitrogens with zero attached hydrogens (tertiary/aromatic N) is 1. The Hall–Kier alpha value is -1.29. The van der Waals surface area contributed by atoms with Crippen LogP contribution in [0.4, 0.5) is 0 Å². The van der Waals surface area contributed by atoms with Crippen molar-refractivity contribution in [3.63, 3.8) is 0 Å². The van der Waals surface area contributed by atoms with E-state index < -0.39 is 5.91 Å². The Labute approximate surface area is 93.5 Å². The lowest BCUT2D eigenvalue weighted by Gasteiger charge is -1.90. The molecule has 1 aromatic heterocycles. The van der Waals surface area contributed by atoms with Crippen molar-refractivity contribution in [1.29, 1.82) is 0 Å². The topological polar surface area (TPSA) is 71.8 Å². The minimum Gasteiger partial charge on any atom is -0.366 e. The number of aromatic nitrogens is 2. The Morgan fingerprint density at radius 2 is 2.40 bits per heavy atom. The van der Waals surface area contributed by atoms with E-state index in [4.69, 9.17) is 17.3 Å². The Morgan fingerprint density at radius 1 is 1.67 bits per heavy atom. The lowest BCUT2D eigenvalue weighted by atomic mass is 10.2. The molecule has 3 N–H and O–H groups in total. The van der Waals surface area contributed by atoms with Gasteiger partial charge in [-0.3, -0.25) is 4.79 Å². The van der Waals surface area contributed by atoms with Gasteiger partial charge in [0.15, 0.2) is 0 Å². The molecule has 4 nitrogen and oxygen atoms in total. The quantitative estimate of drug-likeness (QED) is 0.755. The van der Waals surface area contributed by atoms with Gasteiger partial charge in [0.2, 0.25) is 5.91 Å². The lowest BCUT2D eigenvalue weighted by molar-refractivity contribution is -0.113. The molecule has 0 atom stereocenters. The summed E-state index contributed by atoms with van der Waals surface area (Å²) >= 11 is 5.89. The van der Waals surface area contributed by atoms with E-state index in [1.807, 2.05) is 0 Å². The van der Waals surface area contributed by atoms with Gasteiger partial charge in [-0.15, -0.1) is 0 Å². The summed E-state index contributed by atoms with van der Waals surface area (Å²) in [4.78, 5) is 17.7. The number of imidazole rings is 1.